The third kappa shape index (κ3) is 1.97. The Morgan fingerprint density at radius 2 is 2.42 bits per heavy atom. The molecule has 2 rings (SSSR count). The SMILES string of the molecule is Cc1ccc(NCC2CC2)nc1.[HH]. The van der Waals surface area contributed by atoms with Crippen molar-refractivity contribution in [3.8, 4) is 0 Å². The van der Waals surface area contributed by atoms with Gasteiger partial charge in [0, 0.05) is 14.2 Å². The number of aromatic nitrogens is 1. The molecule has 1 aromatic heterocycles. The van der Waals surface area contributed by atoms with E-state index in [9.17, 15) is 0 Å². The third-order valence-electron chi connectivity index (χ3n) is 2.18. The van der Waals surface area contributed by atoms with Crippen LogP contribution in [0.4, 0.5) is 5.82 Å². The van der Waals surface area contributed by atoms with Gasteiger partial charge in [0.25, 0.3) is 0 Å². The molecule has 1 fully saturated rings. The molecule has 0 amide bonds. The summed E-state index contributed by atoms with van der Waals surface area (Å²) in [6.07, 6.45) is 4.67. The van der Waals surface area contributed by atoms with Gasteiger partial charge in [-0.3, -0.25) is 0 Å². The second-order valence-electron chi connectivity index (χ2n) is 3.55. The van der Waals surface area contributed by atoms with E-state index in [2.05, 4.69) is 23.3 Å². The average molecular weight is 164 g/mol. The summed E-state index contributed by atoms with van der Waals surface area (Å²) in [5.41, 5.74) is 1.21. The number of anilines is 1. The first-order valence-corrected chi connectivity index (χ1v) is 4.51. The maximum Gasteiger partial charge on any atom is 0.125 e. The Bertz CT molecular complexity index is 254. The molecule has 1 aliphatic carbocycles. The second-order valence-corrected chi connectivity index (χ2v) is 3.55. The summed E-state index contributed by atoms with van der Waals surface area (Å²) in [6, 6.07) is 4.12. The number of hydrogen-bond donors (Lipinski definition) is 1. The van der Waals surface area contributed by atoms with Crippen LogP contribution in [0.1, 0.15) is 19.8 Å². The predicted octanol–water partition coefficient (Wildman–Crippen LogP) is 2.46. The lowest BCUT2D eigenvalue weighted by atomic mass is 10.3. The zero-order chi connectivity index (χ0) is 8.39. The summed E-state index contributed by atoms with van der Waals surface area (Å²) < 4.78 is 0. The van der Waals surface area contributed by atoms with Crippen molar-refractivity contribution >= 4 is 5.82 Å². The van der Waals surface area contributed by atoms with Gasteiger partial charge >= 0.3 is 0 Å². The highest BCUT2D eigenvalue weighted by Gasteiger charge is 2.20. The number of nitrogens with zero attached hydrogens (tertiary/aromatic N) is 1. The summed E-state index contributed by atoms with van der Waals surface area (Å²) in [7, 11) is 0. The first-order valence-electron chi connectivity index (χ1n) is 4.51. The number of hydrogen-bond acceptors (Lipinski definition) is 2. The van der Waals surface area contributed by atoms with E-state index in [4.69, 9.17) is 0 Å². The first kappa shape index (κ1) is 7.59. The normalized spacial score (nSPS) is 16.1. The van der Waals surface area contributed by atoms with Gasteiger partial charge in [-0.25, -0.2) is 4.98 Å². The quantitative estimate of drug-likeness (QED) is 0.742. The molecule has 2 nitrogen and oxygen atoms in total. The van der Waals surface area contributed by atoms with E-state index in [0.29, 0.717) is 0 Å². The van der Waals surface area contributed by atoms with Crippen molar-refractivity contribution in [1.82, 2.24) is 4.98 Å². The van der Waals surface area contributed by atoms with Gasteiger partial charge in [0.2, 0.25) is 0 Å². The Hall–Kier alpha value is -1.05. The van der Waals surface area contributed by atoms with Crippen molar-refractivity contribution in [1.29, 1.82) is 0 Å². The lowest BCUT2D eigenvalue weighted by Gasteiger charge is -2.03. The van der Waals surface area contributed by atoms with E-state index in [-0.39, 0.29) is 1.43 Å². The van der Waals surface area contributed by atoms with E-state index >= 15 is 0 Å². The molecule has 0 radical (unpaired) electrons. The van der Waals surface area contributed by atoms with E-state index < -0.39 is 0 Å². The molecule has 0 aliphatic heterocycles. The maximum atomic E-state index is 4.27. The highest BCUT2D eigenvalue weighted by atomic mass is 15.0. The molecule has 12 heavy (non-hydrogen) atoms. The van der Waals surface area contributed by atoms with Crippen molar-refractivity contribution in [3.05, 3.63) is 23.9 Å². The fourth-order valence-corrected chi connectivity index (χ4v) is 1.14. The molecule has 0 spiro atoms. The highest BCUT2D eigenvalue weighted by molar-refractivity contribution is 5.35. The number of aryl methyl sites for hydroxylation is 1. The minimum absolute atomic E-state index is 0. The van der Waals surface area contributed by atoms with Gasteiger partial charge in [0.15, 0.2) is 0 Å². The second kappa shape index (κ2) is 3.13. The van der Waals surface area contributed by atoms with Crippen molar-refractivity contribution in [3.63, 3.8) is 0 Å². The summed E-state index contributed by atoms with van der Waals surface area (Å²) in [5, 5.41) is 3.32. The van der Waals surface area contributed by atoms with Gasteiger partial charge in [0.1, 0.15) is 5.82 Å². The maximum absolute atomic E-state index is 4.27. The molecule has 0 aromatic carbocycles. The van der Waals surface area contributed by atoms with Crippen LogP contribution in [0, 0.1) is 12.8 Å². The van der Waals surface area contributed by atoms with Crippen molar-refractivity contribution in [2.75, 3.05) is 11.9 Å². The Morgan fingerprint density at radius 1 is 1.58 bits per heavy atom. The molecule has 0 unspecified atom stereocenters. The van der Waals surface area contributed by atoms with E-state index in [1.165, 1.54) is 18.4 Å². The zero-order valence-electron chi connectivity index (χ0n) is 7.38. The summed E-state index contributed by atoms with van der Waals surface area (Å²) in [6.45, 7) is 3.15. The Balaban J connectivity index is 0.000000845. The van der Waals surface area contributed by atoms with Crippen LogP contribution < -0.4 is 5.32 Å². The van der Waals surface area contributed by atoms with Crippen molar-refractivity contribution < 1.29 is 1.43 Å². The van der Waals surface area contributed by atoms with Crippen LogP contribution in [0.25, 0.3) is 0 Å². The summed E-state index contributed by atoms with van der Waals surface area (Å²) in [4.78, 5) is 4.27. The number of rotatable bonds is 3. The van der Waals surface area contributed by atoms with Crippen LogP contribution in [0.15, 0.2) is 18.3 Å². The van der Waals surface area contributed by atoms with Crippen molar-refractivity contribution in [2.45, 2.75) is 19.8 Å². The van der Waals surface area contributed by atoms with Gasteiger partial charge < -0.3 is 5.32 Å². The number of pyridine rings is 1. The average Bonchev–Trinajstić information content (AvgIpc) is 2.87. The largest absolute Gasteiger partial charge is 0.370 e. The lowest BCUT2D eigenvalue weighted by Crippen LogP contribution is -2.04. The third-order valence-corrected chi connectivity index (χ3v) is 2.18. The van der Waals surface area contributed by atoms with E-state index in [1.54, 1.807) is 0 Å². The molecule has 1 aliphatic rings. The van der Waals surface area contributed by atoms with Gasteiger partial charge in [-0.05, 0) is 37.3 Å². The number of nitrogens with one attached hydrogen (secondary N) is 1. The predicted molar refractivity (Wildman–Crippen MR) is 52.3 cm³/mol. The van der Waals surface area contributed by atoms with Crippen LogP contribution in [-0.2, 0) is 0 Å². The highest BCUT2D eigenvalue weighted by Crippen LogP contribution is 2.28. The van der Waals surface area contributed by atoms with Gasteiger partial charge in [-0.15, -0.1) is 0 Å². The van der Waals surface area contributed by atoms with Crippen LogP contribution >= 0.6 is 0 Å². The molecule has 1 aromatic rings. The molecule has 1 heterocycles. The molecule has 0 saturated heterocycles. The van der Waals surface area contributed by atoms with E-state index in [0.717, 1.165) is 18.3 Å². The van der Waals surface area contributed by atoms with Crippen LogP contribution in [0.3, 0.4) is 0 Å². The van der Waals surface area contributed by atoms with Crippen molar-refractivity contribution in [2.24, 2.45) is 5.92 Å². The van der Waals surface area contributed by atoms with Gasteiger partial charge in [-0.2, -0.15) is 0 Å². The summed E-state index contributed by atoms with van der Waals surface area (Å²) >= 11 is 0. The molecule has 66 valence electrons. The monoisotopic (exact) mass is 164 g/mol. The fourth-order valence-electron chi connectivity index (χ4n) is 1.14. The smallest absolute Gasteiger partial charge is 0.125 e. The first-order chi connectivity index (χ1) is 5.84. The Kier molecular flexibility index (Phi) is 1.98. The molecule has 1 saturated carbocycles. The molecule has 1 N–H and O–H groups in total. The fraction of sp³-hybridized carbons (Fsp3) is 0.500. The zero-order valence-corrected chi connectivity index (χ0v) is 7.38. The molecular formula is C10H16N2. The standard InChI is InChI=1S/C10H14N2.H2/c1-8-2-5-10(11-6-8)12-7-9-3-4-9;/h2,5-6,9H,3-4,7H2,1H3,(H,11,12);1H. The minimum atomic E-state index is 0. The molecule has 0 bridgehead atoms. The van der Waals surface area contributed by atoms with Crippen LogP contribution in [0.2, 0.25) is 0 Å². The van der Waals surface area contributed by atoms with E-state index in [1.807, 2.05) is 12.3 Å². The Morgan fingerprint density at radius 3 is 3.00 bits per heavy atom. The van der Waals surface area contributed by atoms with Crippen LogP contribution in [0.5, 0.6) is 0 Å². The Labute approximate surface area is 74.5 Å². The molecular weight excluding hydrogens is 148 g/mol. The molecule has 0 atom stereocenters. The summed E-state index contributed by atoms with van der Waals surface area (Å²) in [5.74, 6) is 1.92. The molecule has 2 heteroatoms. The topological polar surface area (TPSA) is 24.9 Å². The van der Waals surface area contributed by atoms with Crippen LogP contribution in [-0.4, -0.2) is 11.5 Å². The lowest BCUT2D eigenvalue weighted by molar-refractivity contribution is 0.882. The minimum Gasteiger partial charge on any atom is -0.370 e. The van der Waals surface area contributed by atoms with Gasteiger partial charge in [0.05, 0.1) is 0 Å². The van der Waals surface area contributed by atoms with Gasteiger partial charge in [-0.1, -0.05) is 6.07 Å².